The number of aromatic hydroxyl groups is 2. The molecule has 6 aromatic carbocycles. The van der Waals surface area contributed by atoms with E-state index in [0.717, 1.165) is 45.5 Å². The van der Waals surface area contributed by atoms with Gasteiger partial charge in [-0.05, 0) is 88.4 Å². The Hall–Kier alpha value is -4.56. The van der Waals surface area contributed by atoms with Crippen molar-refractivity contribution in [2.45, 2.75) is 33.1 Å². The second kappa shape index (κ2) is 10.3. The Morgan fingerprint density at radius 3 is 1.26 bits per heavy atom. The van der Waals surface area contributed by atoms with Crippen LogP contribution in [0.5, 0.6) is 11.5 Å². The first-order valence-electron chi connectivity index (χ1n) is 13.5. The predicted molar refractivity (Wildman–Crippen MR) is 162 cm³/mol. The van der Waals surface area contributed by atoms with E-state index in [-0.39, 0.29) is 0 Å². The fourth-order valence-corrected chi connectivity index (χ4v) is 5.99. The molecule has 0 atom stereocenters. The Morgan fingerprint density at radius 2 is 0.846 bits per heavy atom. The molecule has 2 heteroatoms. The maximum Gasteiger partial charge on any atom is 0.126 e. The molecule has 0 fully saturated rings. The maximum absolute atomic E-state index is 11.1. The van der Waals surface area contributed by atoms with E-state index < -0.39 is 0 Å². The summed E-state index contributed by atoms with van der Waals surface area (Å²) in [6, 6.07) is 37.7. The zero-order valence-electron chi connectivity index (χ0n) is 22.4. The fourth-order valence-electron chi connectivity index (χ4n) is 5.99. The first-order chi connectivity index (χ1) is 19.0. The molecule has 0 saturated carbocycles. The smallest absolute Gasteiger partial charge is 0.126 e. The van der Waals surface area contributed by atoms with Crippen LogP contribution in [0.25, 0.3) is 21.5 Å². The van der Waals surface area contributed by atoms with E-state index in [9.17, 15) is 10.2 Å². The van der Waals surface area contributed by atoms with Gasteiger partial charge >= 0.3 is 0 Å². The Morgan fingerprint density at radius 1 is 0.436 bits per heavy atom. The predicted octanol–water partition coefficient (Wildman–Crippen LogP) is 8.79. The number of phenols is 2. The molecule has 0 spiro atoms. The highest BCUT2D eigenvalue weighted by Crippen LogP contribution is 2.39. The second-order valence-electron chi connectivity index (χ2n) is 10.6. The van der Waals surface area contributed by atoms with Crippen molar-refractivity contribution in [1.29, 1.82) is 0 Å². The third-order valence-electron chi connectivity index (χ3n) is 7.84. The van der Waals surface area contributed by atoms with Crippen LogP contribution in [0.4, 0.5) is 0 Å². The maximum atomic E-state index is 11.1. The van der Waals surface area contributed by atoms with Gasteiger partial charge in [-0.3, -0.25) is 0 Å². The average Bonchev–Trinajstić information content (AvgIpc) is 2.95. The highest BCUT2D eigenvalue weighted by molar-refractivity contribution is 5.98. The van der Waals surface area contributed by atoms with Crippen LogP contribution in [-0.4, -0.2) is 10.2 Å². The molecular formula is C37H32O2. The molecule has 0 amide bonds. The lowest BCUT2D eigenvalue weighted by molar-refractivity contribution is 0.477. The van der Waals surface area contributed by atoms with Gasteiger partial charge < -0.3 is 10.2 Å². The highest BCUT2D eigenvalue weighted by Gasteiger charge is 2.18. The van der Waals surface area contributed by atoms with E-state index in [1.165, 1.54) is 33.4 Å². The molecule has 6 rings (SSSR count). The van der Waals surface area contributed by atoms with Gasteiger partial charge in [-0.2, -0.15) is 0 Å². The van der Waals surface area contributed by atoms with Crippen LogP contribution >= 0.6 is 0 Å². The molecule has 0 aliphatic heterocycles. The number of hydrogen-bond acceptors (Lipinski definition) is 2. The van der Waals surface area contributed by atoms with Crippen molar-refractivity contribution in [1.82, 2.24) is 0 Å². The number of fused-ring (bicyclic) bond motifs is 2. The number of hydrogen-bond donors (Lipinski definition) is 2. The topological polar surface area (TPSA) is 40.5 Å². The summed E-state index contributed by atoms with van der Waals surface area (Å²) in [7, 11) is 0. The van der Waals surface area contributed by atoms with Crippen molar-refractivity contribution in [2.24, 2.45) is 0 Å². The molecule has 0 heterocycles. The summed E-state index contributed by atoms with van der Waals surface area (Å²) in [5, 5.41) is 26.1. The summed E-state index contributed by atoms with van der Waals surface area (Å²) in [6.45, 7) is 3.95. The largest absolute Gasteiger partial charge is 0.507 e. The third-order valence-corrected chi connectivity index (χ3v) is 7.84. The van der Waals surface area contributed by atoms with Gasteiger partial charge in [0.25, 0.3) is 0 Å². The Kier molecular flexibility index (Phi) is 6.54. The van der Waals surface area contributed by atoms with Crippen molar-refractivity contribution >= 4 is 21.5 Å². The molecule has 0 aliphatic carbocycles. The van der Waals surface area contributed by atoms with E-state index >= 15 is 0 Å². The summed E-state index contributed by atoms with van der Waals surface area (Å²) >= 11 is 0. The van der Waals surface area contributed by atoms with Gasteiger partial charge in [-0.1, -0.05) is 109 Å². The average molecular weight is 509 g/mol. The molecule has 192 valence electrons. The number of phenolic OH excluding ortho intramolecular Hbond substituents is 2. The van der Waals surface area contributed by atoms with Crippen LogP contribution in [0.3, 0.4) is 0 Å². The fraction of sp³-hybridized carbons (Fsp3) is 0.135. The lowest BCUT2D eigenvalue weighted by atomic mass is 9.86. The summed E-state index contributed by atoms with van der Waals surface area (Å²) in [5.74, 6) is 0.695. The highest BCUT2D eigenvalue weighted by atomic mass is 16.3. The molecule has 0 unspecified atom stereocenters. The first kappa shape index (κ1) is 24.8. The molecule has 0 aromatic heterocycles. The number of rotatable bonds is 6. The standard InChI is InChI=1S/C37H32O2/c1-24-19-30(34-28(15-9-17-32(34)36(24)38)21-26-11-5-3-6-12-26)23-31-20-25(2)37(39)33-18-10-16-29(35(31)33)22-27-13-7-4-8-14-27/h3-20,38-39H,21-23H2,1-2H3. The molecule has 2 nitrogen and oxygen atoms in total. The molecule has 2 N–H and O–H groups in total. The van der Waals surface area contributed by atoms with Crippen LogP contribution < -0.4 is 0 Å². The molecule has 0 saturated heterocycles. The van der Waals surface area contributed by atoms with Gasteiger partial charge in [0.15, 0.2) is 0 Å². The van der Waals surface area contributed by atoms with Gasteiger partial charge in [0.2, 0.25) is 0 Å². The van der Waals surface area contributed by atoms with Gasteiger partial charge in [0.1, 0.15) is 11.5 Å². The first-order valence-corrected chi connectivity index (χ1v) is 13.5. The van der Waals surface area contributed by atoms with Crippen molar-refractivity contribution in [3.05, 3.63) is 154 Å². The van der Waals surface area contributed by atoms with Crippen molar-refractivity contribution < 1.29 is 10.2 Å². The second-order valence-corrected chi connectivity index (χ2v) is 10.6. The monoisotopic (exact) mass is 508 g/mol. The normalized spacial score (nSPS) is 11.3. The van der Waals surface area contributed by atoms with E-state index in [4.69, 9.17) is 0 Å². The van der Waals surface area contributed by atoms with Crippen molar-refractivity contribution in [3.8, 4) is 11.5 Å². The van der Waals surface area contributed by atoms with Crippen LogP contribution in [-0.2, 0) is 19.3 Å². The quantitative estimate of drug-likeness (QED) is 0.236. The van der Waals surface area contributed by atoms with Crippen LogP contribution in [0.15, 0.2) is 109 Å². The van der Waals surface area contributed by atoms with E-state index in [1.54, 1.807) is 0 Å². The van der Waals surface area contributed by atoms with Gasteiger partial charge in [0, 0.05) is 10.8 Å². The molecule has 39 heavy (non-hydrogen) atoms. The van der Waals surface area contributed by atoms with Crippen molar-refractivity contribution in [3.63, 3.8) is 0 Å². The minimum atomic E-state index is 0.347. The minimum Gasteiger partial charge on any atom is -0.507 e. The molecule has 0 radical (unpaired) electrons. The van der Waals surface area contributed by atoms with E-state index in [0.29, 0.717) is 17.9 Å². The summed E-state index contributed by atoms with van der Waals surface area (Å²) in [4.78, 5) is 0. The van der Waals surface area contributed by atoms with Gasteiger partial charge in [0.05, 0.1) is 0 Å². The Bertz CT molecular complexity index is 1670. The Balaban J connectivity index is 1.55. The van der Waals surface area contributed by atoms with Crippen LogP contribution in [0, 0.1) is 13.8 Å². The zero-order valence-corrected chi connectivity index (χ0v) is 22.4. The van der Waals surface area contributed by atoms with E-state index in [2.05, 4.69) is 72.8 Å². The Labute approximate surface area is 229 Å². The number of aryl methyl sites for hydroxylation is 2. The van der Waals surface area contributed by atoms with E-state index in [1.807, 2.05) is 50.2 Å². The molecule has 6 aromatic rings. The summed E-state index contributed by atoms with van der Waals surface area (Å²) < 4.78 is 0. The summed E-state index contributed by atoms with van der Waals surface area (Å²) in [5.41, 5.74) is 9.01. The third kappa shape index (κ3) is 4.75. The van der Waals surface area contributed by atoms with Crippen LogP contribution in [0.2, 0.25) is 0 Å². The van der Waals surface area contributed by atoms with Crippen molar-refractivity contribution in [2.75, 3.05) is 0 Å². The molecule has 0 aliphatic rings. The molecular weight excluding hydrogens is 476 g/mol. The number of benzene rings is 6. The van der Waals surface area contributed by atoms with Gasteiger partial charge in [-0.25, -0.2) is 0 Å². The van der Waals surface area contributed by atoms with Crippen LogP contribution in [0.1, 0.15) is 44.5 Å². The SMILES string of the molecule is Cc1cc(Cc2cc(C)c(O)c3cccc(Cc4ccccc4)c23)c2c(Cc3ccccc3)cccc2c1O. The molecule has 0 bridgehead atoms. The lowest BCUT2D eigenvalue weighted by Gasteiger charge is -2.19. The zero-order chi connectivity index (χ0) is 26.9. The lowest BCUT2D eigenvalue weighted by Crippen LogP contribution is -2.00. The van der Waals surface area contributed by atoms with Gasteiger partial charge in [-0.15, -0.1) is 0 Å². The minimum absolute atomic E-state index is 0.347. The summed E-state index contributed by atoms with van der Waals surface area (Å²) in [6.07, 6.45) is 2.29.